The summed E-state index contributed by atoms with van der Waals surface area (Å²) in [6.45, 7) is 7.83. The van der Waals surface area contributed by atoms with Crippen molar-refractivity contribution in [2.45, 2.75) is 0 Å². The Hall–Kier alpha value is -4.20. The average molecular weight is 406 g/mol. The van der Waals surface area contributed by atoms with Crippen molar-refractivity contribution >= 4 is 23.6 Å². The highest BCUT2D eigenvalue weighted by molar-refractivity contribution is 6.13. The van der Waals surface area contributed by atoms with Gasteiger partial charge in [-0.3, -0.25) is 10.1 Å². The van der Waals surface area contributed by atoms with Crippen molar-refractivity contribution in [3.63, 3.8) is 0 Å². The van der Waals surface area contributed by atoms with Crippen LogP contribution in [0.4, 0.5) is 5.69 Å². The Morgan fingerprint density at radius 1 is 1.10 bits per heavy atom. The molecule has 0 atom stereocenters. The molecule has 0 spiro atoms. The molecule has 8 nitrogen and oxygen atoms in total. The van der Waals surface area contributed by atoms with Crippen LogP contribution >= 0.6 is 0 Å². The third kappa shape index (κ3) is 4.79. The van der Waals surface area contributed by atoms with Gasteiger partial charge in [0.25, 0.3) is 5.69 Å². The Bertz CT molecular complexity index is 1070. The maximum Gasteiger partial charge on any atom is 0.363 e. The predicted molar refractivity (Wildman–Crippen MR) is 112 cm³/mol. The molecule has 2 aromatic rings. The van der Waals surface area contributed by atoms with E-state index in [1.807, 2.05) is 0 Å². The van der Waals surface area contributed by atoms with Crippen molar-refractivity contribution in [2.75, 3.05) is 13.2 Å². The van der Waals surface area contributed by atoms with Crippen LogP contribution in [0.15, 0.2) is 78.5 Å². The Balaban J connectivity index is 1.94. The van der Waals surface area contributed by atoms with E-state index in [1.165, 1.54) is 24.3 Å². The van der Waals surface area contributed by atoms with Crippen molar-refractivity contribution < 1.29 is 23.9 Å². The fraction of sp³-hybridized carbons (Fsp3) is 0.0909. The van der Waals surface area contributed by atoms with Gasteiger partial charge in [0.15, 0.2) is 5.70 Å². The van der Waals surface area contributed by atoms with Crippen LogP contribution in [0.1, 0.15) is 11.1 Å². The van der Waals surface area contributed by atoms with Gasteiger partial charge in [-0.1, -0.05) is 31.4 Å². The van der Waals surface area contributed by atoms with E-state index in [4.69, 9.17) is 14.2 Å². The lowest BCUT2D eigenvalue weighted by molar-refractivity contribution is -0.384. The number of rotatable bonds is 9. The highest BCUT2D eigenvalue weighted by Gasteiger charge is 2.25. The number of carbonyl (C=O) groups excluding carboxylic acids is 1. The summed E-state index contributed by atoms with van der Waals surface area (Å²) < 4.78 is 16.4. The second kappa shape index (κ2) is 9.33. The number of nitro benzene ring substituents is 1. The van der Waals surface area contributed by atoms with Crippen molar-refractivity contribution in [1.82, 2.24) is 0 Å². The molecule has 0 N–H and O–H groups in total. The van der Waals surface area contributed by atoms with E-state index in [2.05, 4.69) is 18.2 Å². The number of aliphatic imine (C=N–C) groups is 1. The number of nitro groups is 1. The van der Waals surface area contributed by atoms with E-state index in [0.717, 1.165) is 0 Å². The Morgan fingerprint density at radius 2 is 1.87 bits per heavy atom. The van der Waals surface area contributed by atoms with Gasteiger partial charge < -0.3 is 14.2 Å². The van der Waals surface area contributed by atoms with Crippen LogP contribution in [0.2, 0.25) is 0 Å². The first-order valence-electron chi connectivity index (χ1n) is 8.90. The number of benzene rings is 2. The molecular formula is C22H18N2O6. The number of ether oxygens (including phenoxy) is 3. The lowest BCUT2D eigenvalue weighted by Crippen LogP contribution is -2.05. The smallest absolute Gasteiger partial charge is 0.363 e. The molecule has 0 aliphatic carbocycles. The zero-order valence-electron chi connectivity index (χ0n) is 15.9. The van der Waals surface area contributed by atoms with Gasteiger partial charge in [-0.25, -0.2) is 9.79 Å². The molecule has 0 unspecified atom stereocenters. The summed E-state index contributed by atoms with van der Waals surface area (Å²) in [5.41, 5.74) is 0.828. The lowest BCUT2D eigenvalue weighted by atomic mass is 10.1. The monoisotopic (exact) mass is 406 g/mol. The quantitative estimate of drug-likeness (QED) is 0.205. The van der Waals surface area contributed by atoms with Crippen LogP contribution in [0.25, 0.3) is 6.08 Å². The third-order valence-electron chi connectivity index (χ3n) is 3.93. The molecule has 3 rings (SSSR count). The minimum atomic E-state index is -0.668. The molecule has 0 fully saturated rings. The second-order valence-corrected chi connectivity index (χ2v) is 6.04. The van der Waals surface area contributed by atoms with E-state index in [-0.39, 0.29) is 23.9 Å². The Kier molecular flexibility index (Phi) is 6.39. The second-order valence-electron chi connectivity index (χ2n) is 6.04. The van der Waals surface area contributed by atoms with Crippen LogP contribution in [0, 0.1) is 10.1 Å². The third-order valence-corrected chi connectivity index (χ3v) is 3.93. The Labute approximate surface area is 172 Å². The molecule has 8 heteroatoms. The van der Waals surface area contributed by atoms with E-state index in [1.54, 1.807) is 36.4 Å². The summed E-state index contributed by atoms with van der Waals surface area (Å²) in [6.07, 6.45) is 4.73. The summed E-state index contributed by atoms with van der Waals surface area (Å²) in [4.78, 5) is 26.9. The van der Waals surface area contributed by atoms with E-state index < -0.39 is 10.9 Å². The number of nitrogens with zero attached hydrogens (tertiary/aromatic N) is 2. The number of non-ortho nitro benzene ring substituents is 1. The van der Waals surface area contributed by atoms with Crippen LogP contribution < -0.4 is 9.47 Å². The summed E-state index contributed by atoms with van der Waals surface area (Å²) >= 11 is 0. The van der Waals surface area contributed by atoms with Crippen molar-refractivity contribution in [3.05, 3.63) is 94.7 Å². The maximum absolute atomic E-state index is 12.3. The van der Waals surface area contributed by atoms with Crippen LogP contribution in [-0.4, -0.2) is 30.0 Å². The molecular weight excluding hydrogens is 388 g/mol. The first kappa shape index (κ1) is 20.5. The summed E-state index contributed by atoms with van der Waals surface area (Å²) in [5.74, 6) is 0.370. The predicted octanol–water partition coefficient (Wildman–Crippen LogP) is 4.07. The summed E-state index contributed by atoms with van der Waals surface area (Å²) in [6, 6.07) is 10.8. The van der Waals surface area contributed by atoms with Gasteiger partial charge in [0.05, 0.1) is 4.92 Å². The molecule has 1 aliphatic heterocycles. The number of cyclic esters (lactones) is 1. The molecule has 1 heterocycles. The minimum absolute atomic E-state index is 0.00514. The maximum atomic E-state index is 12.3. The number of carbonyl (C=O) groups is 1. The minimum Gasteiger partial charge on any atom is -0.489 e. The van der Waals surface area contributed by atoms with Crippen LogP contribution in [0.3, 0.4) is 0 Å². The van der Waals surface area contributed by atoms with Crippen molar-refractivity contribution in [2.24, 2.45) is 4.99 Å². The number of hydrogen-bond donors (Lipinski definition) is 0. The highest BCUT2D eigenvalue weighted by atomic mass is 16.6. The molecule has 2 aromatic carbocycles. The van der Waals surface area contributed by atoms with Gasteiger partial charge in [-0.05, 0) is 24.3 Å². The fourth-order valence-corrected chi connectivity index (χ4v) is 2.59. The molecule has 0 aromatic heterocycles. The zero-order valence-corrected chi connectivity index (χ0v) is 15.9. The molecule has 1 aliphatic rings. The van der Waals surface area contributed by atoms with Crippen LogP contribution in [0.5, 0.6) is 11.5 Å². The van der Waals surface area contributed by atoms with E-state index in [9.17, 15) is 14.9 Å². The number of hydrogen-bond acceptors (Lipinski definition) is 7. The van der Waals surface area contributed by atoms with Gasteiger partial charge >= 0.3 is 5.97 Å². The normalized spacial score (nSPS) is 14.1. The fourth-order valence-electron chi connectivity index (χ4n) is 2.59. The zero-order chi connectivity index (χ0) is 21.5. The molecule has 30 heavy (non-hydrogen) atoms. The van der Waals surface area contributed by atoms with E-state index >= 15 is 0 Å². The average Bonchev–Trinajstić information content (AvgIpc) is 3.12. The molecule has 0 radical (unpaired) electrons. The van der Waals surface area contributed by atoms with E-state index in [0.29, 0.717) is 29.2 Å². The lowest BCUT2D eigenvalue weighted by Gasteiger charge is -2.10. The van der Waals surface area contributed by atoms with Gasteiger partial charge in [0, 0.05) is 29.3 Å². The van der Waals surface area contributed by atoms with Gasteiger partial charge in [0.1, 0.15) is 24.7 Å². The molecule has 0 saturated heterocycles. The van der Waals surface area contributed by atoms with Gasteiger partial charge in [-0.2, -0.15) is 0 Å². The largest absolute Gasteiger partial charge is 0.489 e. The molecule has 152 valence electrons. The first-order chi connectivity index (χ1) is 14.5. The number of esters is 1. The van der Waals surface area contributed by atoms with Gasteiger partial charge in [-0.15, -0.1) is 0 Å². The highest BCUT2D eigenvalue weighted by Crippen LogP contribution is 2.29. The van der Waals surface area contributed by atoms with Crippen molar-refractivity contribution in [1.29, 1.82) is 0 Å². The van der Waals surface area contributed by atoms with Crippen molar-refractivity contribution in [3.8, 4) is 11.5 Å². The standard InChI is InChI=1S/C22H18N2O6/c1-3-10-28-18-9-8-15(20(14-18)29-11-4-2)13-19-22(25)30-21(23-19)16-6-5-7-17(12-16)24(26)27/h3-9,12-14H,1-2,10-11H2/b19-13-. The topological polar surface area (TPSA) is 100 Å². The summed E-state index contributed by atoms with van der Waals surface area (Å²) in [7, 11) is 0. The van der Waals surface area contributed by atoms with Gasteiger partial charge in [0.2, 0.25) is 5.90 Å². The molecule has 0 amide bonds. The SMILES string of the molecule is C=CCOc1ccc(/C=C2\N=C(c3cccc([N+](=O)[O-])c3)OC2=O)c(OCC=C)c1. The first-order valence-corrected chi connectivity index (χ1v) is 8.90. The van der Waals surface area contributed by atoms with Crippen LogP contribution in [-0.2, 0) is 9.53 Å². The summed E-state index contributed by atoms with van der Waals surface area (Å²) in [5, 5.41) is 11.0. The molecule has 0 bridgehead atoms. The molecule has 0 saturated carbocycles. The Morgan fingerprint density at radius 3 is 2.60 bits per heavy atom.